The SMILES string of the molecule is Cc1c(CBr)cnc(OC(F)(F)F)c1O. The number of aromatic hydroxyl groups is 1. The number of hydrogen-bond acceptors (Lipinski definition) is 3. The molecule has 0 unspecified atom stereocenters. The predicted octanol–water partition coefficient (Wildman–Crippen LogP) is 2.89. The Kier molecular flexibility index (Phi) is 3.43. The molecule has 0 atom stereocenters. The molecular weight excluding hydrogens is 279 g/mol. The third-order valence-electron chi connectivity index (χ3n) is 1.73. The van der Waals surface area contributed by atoms with Gasteiger partial charge in [0.05, 0.1) is 0 Å². The van der Waals surface area contributed by atoms with Gasteiger partial charge in [-0.15, -0.1) is 13.2 Å². The molecule has 3 nitrogen and oxygen atoms in total. The van der Waals surface area contributed by atoms with E-state index in [2.05, 4.69) is 25.7 Å². The molecule has 7 heteroatoms. The fourth-order valence-electron chi connectivity index (χ4n) is 0.926. The largest absolute Gasteiger partial charge is 0.574 e. The summed E-state index contributed by atoms with van der Waals surface area (Å²) in [4.78, 5) is 3.37. The highest BCUT2D eigenvalue weighted by molar-refractivity contribution is 9.08. The molecule has 84 valence electrons. The van der Waals surface area contributed by atoms with Crippen molar-refractivity contribution in [2.45, 2.75) is 18.6 Å². The van der Waals surface area contributed by atoms with Crippen LogP contribution in [-0.4, -0.2) is 16.5 Å². The molecule has 1 aromatic heterocycles. The third-order valence-corrected chi connectivity index (χ3v) is 2.34. The molecule has 0 saturated carbocycles. The van der Waals surface area contributed by atoms with Crippen LogP contribution in [0.3, 0.4) is 0 Å². The lowest BCUT2D eigenvalue weighted by Gasteiger charge is -2.11. The maximum absolute atomic E-state index is 11.9. The summed E-state index contributed by atoms with van der Waals surface area (Å²) in [6.07, 6.45) is -3.64. The van der Waals surface area contributed by atoms with Crippen molar-refractivity contribution in [2.75, 3.05) is 0 Å². The fraction of sp³-hybridized carbons (Fsp3) is 0.375. The molecule has 1 N–H and O–H groups in total. The number of alkyl halides is 4. The molecule has 0 aliphatic heterocycles. The second-order valence-electron chi connectivity index (χ2n) is 2.74. The van der Waals surface area contributed by atoms with E-state index < -0.39 is 18.0 Å². The van der Waals surface area contributed by atoms with Gasteiger partial charge in [-0.05, 0) is 12.5 Å². The number of aromatic nitrogens is 1. The van der Waals surface area contributed by atoms with Gasteiger partial charge >= 0.3 is 6.36 Å². The highest BCUT2D eigenvalue weighted by Gasteiger charge is 2.33. The Labute approximate surface area is 92.0 Å². The smallest absolute Gasteiger partial charge is 0.503 e. The van der Waals surface area contributed by atoms with E-state index in [4.69, 9.17) is 0 Å². The van der Waals surface area contributed by atoms with E-state index in [9.17, 15) is 18.3 Å². The van der Waals surface area contributed by atoms with Gasteiger partial charge in [0.25, 0.3) is 5.88 Å². The molecule has 1 heterocycles. The van der Waals surface area contributed by atoms with Gasteiger partial charge in [-0.2, -0.15) is 0 Å². The van der Waals surface area contributed by atoms with E-state index in [1.807, 2.05) is 0 Å². The molecule has 0 aliphatic carbocycles. The summed E-state index contributed by atoms with van der Waals surface area (Å²) in [5.74, 6) is -1.42. The second kappa shape index (κ2) is 4.26. The number of hydrogen-bond donors (Lipinski definition) is 1. The first-order valence-electron chi connectivity index (χ1n) is 3.84. The van der Waals surface area contributed by atoms with E-state index in [1.54, 1.807) is 0 Å². The Morgan fingerprint density at radius 3 is 2.60 bits per heavy atom. The molecule has 0 aliphatic rings. The molecule has 0 saturated heterocycles. The van der Waals surface area contributed by atoms with E-state index in [1.165, 1.54) is 13.1 Å². The highest BCUT2D eigenvalue weighted by atomic mass is 79.9. The van der Waals surface area contributed by atoms with Crippen LogP contribution in [0.4, 0.5) is 13.2 Å². The Morgan fingerprint density at radius 1 is 1.53 bits per heavy atom. The van der Waals surface area contributed by atoms with Gasteiger partial charge in [-0.1, -0.05) is 15.9 Å². The summed E-state index contributed by atoms with van der Waals surface area (Å²) in [5, 5.41) is 9.76. The van der Waals surface area contributed by atoms with Crippen molar-refractivity contribution in [1.82, 2.24) is 4.98 Å². The monoisotopic (exact) mass is 285 g/mol. The standard InChI is InChI=1S/C8H7BrF3NO2/c1-4-5(2-9)3-13-7(6(4)14)15-8(10,11)12/h3,14H,2H2,1H3. The Hall–Kier alpha value is -0.980. The summed E-state index contributed by atoms with van der Waals surface area (Å²) in [6.45, 7) is 1.48. The number of rotatable bonds is 2. The Balaban J connectivity index is 3.07. The van der Waals surface area contributed by atoms with Gasteiger partial charge in [0.15, 0.2) is 5.75 Å². The lowest BCUT2D eigenvalue weighted by molar-refractivity contribution is -0.276. The topological polar surface area (TPSA) is 42.4 Å². The average molecular weight is 286 g/mol. The Morgan fingerprint density at radius 2 is 2.13 bits per heavy atom. The lowest BCUT2D eigenvalue weighted by atomic mass is 10.2. The number of halogens is 4. The van der Waals surface area contributed by atoms with Crippen molar-refractivity contribution in [2.24, 2.45) is 0 Å². The van der Waals surface area contributed by atoms with Crippen LogP contribution in [0.5, 0.6) is 11.6 Å². The van der Waals surface area contributed by atoms with Gasteiger partial charge in [0.2, 0.25) is 0 Å². The lowest BCUT2D eigenvalue weighted by Crippen LogP contribution is -2.18. The van der Waals surface area contributed by atoms with Crippen LogP contribution in [0.25, 0.3) is 0 Å². The van der Waals surface area contributed by atoms with Crippen molar-refractivity contribution in [3.8, 4) is 11.6 Å². The van der Waals surface area contributed by atoms with Crippen molar-refractivity contribution in [1.29, 1.82) is 0 Å². The van der Waals surface area contributed by atoms with Crippen molar-refractivity contribution in [3.63, 3.8) is 0 Å². The zero-order chi connectivity index (χ0) is 11.6. The minimum atomic E-state index is -4.85. The van der Waals surface area contributed by atoms with Gasteiger partial charge < -0.3 is 9.84 Å². The zero-order valence-electron chi connectivity index (χ0n) is 7.60. The van der Waals surface area contributed by atoms with E-state index >= 15 is 0 Å². The fourth-order valence-corrected chi connectivity index (χ4v) is 1.49. The minimum Gasteiger partial charge on any atom is -0.503 e. The number of ether oxygens (including phenoxy) is 1. The van der Waals surface area contributed by atoms with Crippen LogP contribution in [0, 0.1) is 6.92 Å². The van der Waals surface area contributed by atoms with Crippen LogP contribution in [-0.2, 0) is 5.33 Å². The quantitative estimate of drug-likeness (QED) is 0.850. The molecule has 0 radical (unpaired) electrons. The normalized spacial score (nSPS) is 11.5. The first kappa shape index (κ1) is 12.1. The molecule has 1 aromatic rings. The maximum atomic E-state index is 11.9. The number of pyridine rings is 1. The van der Waals surface area contributed by atoms with Gasteiger partial charge in [-0.3, -0.25) is 0 Å². The summed E-state index contributed by atoms with van der Waals surface area (Å²) in [5.41, 5.74) is 0.906. The second-order valence-corrected chi connectivity index (χ2v) is 3.30. The summed E-state index contributed by atoms with van der Waals surface area (Å²) >= 11 is 3.11. The van der Waals surface area contributed by atoms with Gasteiger partial charge in [0, 0.05) is 17.1 Å². The molecule has 0 amide bonds. The molecule has 0 aromatic carbocycles. The average Bonchev–Trinajstić information content (AvgIpc) is 2.11. The minimum absolute atomic E-state index is 0.307. The van der Waals surface area contributed by atoms with E-state index in [0.29, 0.717) is 16.5 Å². The van der Waals surface area contributed by atoms with Crippen molar-refractivity contribution < 1.29 is 23.0 Å². The van der Waals surface area contributed by atoms with Crippen LogP contribution in [0.2, 0.25) is 0 Å². The van der Waals surface area contributed by atoms with Crippen LogP contribution in [0.1, 0.15) is 11.1 Å². The molecule has 15 heavy (non-hydrogen) atoms. The van der Waals surface area contributed by atoms with Crippen LogP contribution >= 0.6 is 15.9 Å². The van der Waals surface area contributed by atoms with Crippen molar-refractivity contribution >= 4 is 15.9 Å². The van der Waals surface area contributed by atoms with Crippen LogP contribution < -0.4 is 4.74 Å². The molecule has 0 fully saturated rings. The summed E-state index contributed by atoms with van der Waals surface area (Å²) < 4.78 is 39.1. The summed E-state index contributed by atoms with van der Waals surface area (Å²) in [7, 11) is 0. The van der Waals surface area contributed by atoms with Gasteiger partial charge in [0.1, 0.15) is 0 Å². The molecule has 1 rings (SSSR count). The molecular formula is C8H7BrF3NO2. The highest BCUT2D eigenvalue weighted by Crippen LogP contribution is 2.33. The van der Waals surface area contributed by atoms with E-state index in [0.717, 1.165) is 0 Å². The molecule has 0 bridgehead atoms. The first-order valence-corrected chi connectivity index (χ1v) is 4.96. The van der Waals surface area contributed by atoms with Crippen LogP contribution in [0.15, 0.2) is 6.20 Å². The first-order chi connectivity index (χ1) is 6.85. The number of nitrogens with zero attached hydrogens (tertiary/aromatic N) is 1. The maximum Gasteiger partial charge on any atom is 0.574 e. The Bertz CT molecular complexity index is 368. The zero-order valence-corrected chi connectivity index (χ0v) is 9.18. The van der Waals surface area contributed by atoms with Gasteiger partial charge in [-0.25, -0.2) is 4.98 Å². The van der Waals surface area contributed by atoms with Crippen molar-refractivity contribution in [3.05, 3.63) is 17.3 Å². The summed E-state index contributed by atoms with van der Waals surface area (Å²) in [6, 6.07) is 0. The predicted molar refractivity (Wildman–Crippen MR) is 50.0 cm³/mol. The third kappa shape index (κ3) is 2.98. The molecule has 0 spiro atoms. The van der Waals surface area contributed by atoms with E-state index in [-0.39, 0.29) is 0 Å².